The summed E-state index contributed by atoms with van der Waals surface area (Å²) in [6, 6.07) is 0. The number of amides is 1. The maximum atomic E-state index is 12.8. The van der Waals surface area contributed by atoms with E-state index in [1.54, 1.807) is 13.8 Å². The molecule has 0 aliphatic carbocycles. The molecule has 1 aromatic heterocycles. The second kappa shape index (κ2) is 8.43. The lowest BCUT2D eigenvalue weighted by Crippen LogP contribution is -2.50. The first-order valence-corrected chi connectivity index (χ1v) is 7.99. The molecule has 2 heterocycles. The average Bonchev–Trinajstić information content (AvgIpc) is 3.03. The van der Waals surface area contributed by atoms with Gasteiger partial charge in [0.15, 0.2) is 0 Å². The summed E-state index contributed by atoms with van der Waals surface area (Å²) in [5.74, 6) is 0.614. The predicted molar refractivity (Wildman–Crippen MR) is 93.3 cm³/mol. The summed E-state index contributed by atoms with van der Waals surface area (Å²) in [5, 5.41) is 17.9. The molecule has 9 heteroatoms. The minimum absolute atomic E-state index is 0. The van der Waals surface area contributed by atoms with Crippen LogP contribution in [0.4, 0.5) is 5.69 Å². The van der Waals surface area contributed by atoms with Crippen LogP contribution in [0.15, 0.2) is 12.4 Å². The van der Waals surface area contributed by atoms with Crippen molar-refractivity contribution in [2.45, 2.75) is 38.6 Å². The van der Waals surface area contributed by atoms with Gasteiger partial charge in [-0.1, -0.05) is 0 Å². The molecule has 8 nitrogen and oxygen atoms in total. The van der Waals surface area contributed by atoms with Crippen molar-refractivity contribution in [1.82, 2.24) is 20.0 Å². The van der Waals surface area contributed by atoms with Gasteiger partial charge in [0.05, 0.1) is 4.92 Å². The van der Waals surface area contributed by atoms with Crippen LogP contribution in [0.1, 0.15) is 33.1 Å². The van der Waals surface area contributed by atoms with E-state index in [0.717, 1.165) is 38.9 Å². The van der Waals surface area contributed by atoms with Crippen molar-refractivity contribution < 1.29 is 9.72 Å². The molecule has 0 bridgehead atoms. The molecule has 2 rings (SSSR count). The van der Waals surface area contributed by atoms with E-state index in [4.69, 9.17) is 0 Å². The van der Waals surface area contributed by atoms with Gasteiger partial charge in [-0.3, -0.25) is 19.6 Å². The van der Waals surface area contributed by atoms with E-state index >= 15 is 0 Å². The van der Waals surface area contributed by atoms with Crippen LogP contribution in [0.5, 0.6) is 0 Å². The van der Waals surface area contributed by atoms with Gasteiger partial charge in [-0.2, -0.15) is 5.10 Å². The molecule has 1 aliphatic heterocycles. The molecule has 136 valence electrons. The highest BCUT2D eigenvalue weighted by atomic mass is 35.5. The van der Waals surface area contributed by atoms with Crippen LogP contribution in [0.2, 0.25) is 0 Å². The lowest BCUT2D eigenvalue weighted by atomic mass is 9.92. The molecule has 1 N–H and O–H groups in total. The molecule has 24 heavy (non-hydrogen) atoms. The minimum atomic E-state index is -0.925. The third-order valence-corrected chi connectivity index (χ3v) is 4.58. The smallest absolute Gasteiger partial charge is 0.307 e. The van der Waals surface area contributed by atoms with Gasteiger partial charge in [0.2, 0.25) is 5.91 Å². The highest BCUT2D eigenvalue weighted by molar-refractivity contribution is 5.85. The fourth-order valence-corrected chi connectivity index (χ4v) is 2.97. The number of nitro groups is 1. The van der Waals surface area contributed by atoms with E-state index in [1.165, 1.54) is 17.1 Å². The first kappa shape index (κ1) is 20.4. The molecule has 1 amide bonds. The Labute approximate surface area is 148 Å². The van der Waals surface area contributed by atoms with Gasteiger partial charge in [0.1, 0.15) is 17.9 Å². The molecule has 0 atom stereocenters. The van der Waals surface area contributed by atoms with Crippen molar-refractivity contribution in [3.63, 3.8) is 0 Å². The molecule has 0 spiro atoms. The van der Waals surface area contributed by atoms with E-state index in [0.29, 0.717) is 5.92 Å². The Balaban J connectivity index is 0.00000288. The number of piperidine rings is 1. The maximum absolute atomic E-state index is 12.8. The number of likely N-dealkylation sites (tertiary alicyclic amines) is 1. The Hall–Kier alpha value is -1.67. The summed E-state index contributed by atoms with van der Waals surface area (Å²) < 4.78 is 1.39. The molecule has 0 saturated carbocycles. The van der Waals surface area contributed by atoms with Gasteiger partial charge in [0, 0.05) is 13.1 Å². The third kappa shape index (κ3) is 4.45. The number of hydrogen-bond acceptors (Lipinski definition) is 5. The lowest BCUT2D eigenvalue weighted by Gasteiger charge is -2.37. The topological polar surface area (TPSA) is 93.3 Å². The zero-order chi connectivity index (χ0) is 17.0. The van der Waals surface area contributed by atoms with Crippen molar-refractivity contribution in [1.29, 1.82) is 0 Å². The zero-order valence-electron chi connectivity index (χ0n) is 14.4. The zero-order valence-corrected chi connectivity index (χ0v) is 15.2. The highest BCUT2D eigenvalue weighted by Gasteiger charge is 2.37. The van der Waals surface area contributed by atoms with Gasteiger partial charge in [-0.05, 0) is 52.6 Å². The van der Waals surface area contributed by atoms with Crippen LogP contribution >= 0.6 is 12.4 Å². The normalized spacial score (nSPS) is 15.9. The number of nitrogens with zero attached hydrogens (tertiary/aromatic N) is 4. The molecule has 1 aromatic rings. The van der Waals surface area contributed by atoms with Crippen LogP contribution in [0.3, 0.4) is 0 Å². The van der Waals surface area contributed by atoms with E-state index in [9.17, 15) is 14.9 Å². The quantitative estimate of drug-likeness (QED) is 0.617. The molecular weight excluding hydrogens is 334 g/mol. The first-order valence-electron chi connectivity index (χ1n) is 7.99. The number of rotatable bonds is 6. The van der Waals surface area contributed by atoms with Crippen LogP contribution in [-0.4, -0.2) is 52.2 Å². The minimum Gasteiger partial charge on any atom is -0.341 e. The molecule has 0 aromatic carbocycles. The fraction of sp³-hybridized carbons (Fsp3) is 0.733. The van der Waals surface area contributed by atoms with Gasteiger partial charge >= 0.3 is 5.69 Å². The maximum Gasteiger partial charge on any atom is 0.307 e. The summed E-state index contributed by atoms with van der Waals surface area (Å²) in [6.45, 7) is 5.97. The van der Waals surface area contributed by atoms with Crippen LogP contribution in [-0.2, 0) is 10.3 Å². The van der Waals surface area contributed by atoms with Gasteiger partial charge in [0.25, 0.3) is 0 Å². The molecule has 1 fully saturated rings. The van der Waals surface area contributed by atoms with Crippen molar-refractivity contribution in [3.8, 4) is 0 Å². The van der Waals surface area contributed by atoms with E-state index in [-0.39, 0.29) is 24.0 Å². The Morgan fingerprint density at radius 1 is 1.46 bits per heavy atom. The summed E-state index contributed by atoms with van der Waals surface area (Å²) in [4.78, 5) is 24.9. The standard InChI is InChI=1S/C15H25N5O3.ClH/c1-15(2,19-11-13(10-17-19)20(22)23)14(21)18-8-5-12(6-9-18)4-7-16-3;/h10-12,16H,4-9H2,1-3H3;1H. The van der Waals surface area contributed by atoms with Crippen LogP contribution < -0.4 is 5.32 Å². The lowest BCUT2D eigenvalue weighted by molar-refractivity contribution is -0.385. The number of carbonyl (C=O) groups is 1. The predicted octanol–water partition coefficient (Wildman–Crippen LogP) is 1.80. The fourth-order valence-electron chi connectivity index (χ4n) is 2.97. The Morgan fingerprint density at radius 2 is 2.08 bits per heavy atom. The Bertz CT molecular complexity index is 567. The van der Waals surface area contributed by atoms with Crippen molar-refractivity contribution in [2.75, 3.05) is 26.7 Å². The summed E-state index contributed by atoms with van der Waals surface area (Å²) in [5.41, 5.74) is -1.02. The SMILES string of the molecule is CNCCC1CCN(C(=O)C(C)(C)n2cc([N+](=O)[O-])cn2)CC1.Cl. The number of carbonyl (C=O) groups excluding carboxylic acids is 1. The van der Waals surface area contributed by atoms with E-state index in [2.05, 4.69) is 10.4 Å². The van der Waals surface area contributed by atoms with Crippen molar-refractivity contribution in [3.05, 3.63) is 22.5 Å². The number of hydrogen-bond donors (Lipinski definition) is 1. The second-order valence-corrected chi connectivity index (χ2v) is 6.59. The summed E-state index contributed by atoms with van der Waals surface area (Å²) in [7, 11) is 1.95. The first-order chi connectivity index (χ1) is 10.9. The van der Waals surface area contributed by atoms with Crippen molar-refractivity contribution in [2.24, 2.45) is 5.92 Å². The highest BCUT2D eigenvalue weighted by Crippen LogP contribution is 2.25. The summed E-state index contributed by atoms with van der Waals surface area (Å²) >= 11 is 0. The Kier molecular flexibility index (Phi) is 7.16. The molecule has 1 saturated heterocycles. The van der Waals surface area contributed by atoms with Gasteiger partial charge in [-0.15, -0.1) is 12.4 Å². The number of halogens is 1. The Morgan fingerprint density at radius 3 is 2.58 bits per heavy atom. The molecule has 1 aliphatic rings. The largest absolute Gasteiger partial charge is 0.341 e. The van der Waals surface area contributed by atoms with Gasteiger partial charge in [-0.25, -0.2) is 0 Å². The third-order valence-electron chi connectivity index (χ3n) is 4.58. The number of aromatic nitrogens is 2. The van der Waals surface area contributed by atoms with Crippen LogP contribution in [0, 0.1) is 16.0 Å². The molecular formula is C15H26ClN5O3. The molecule has 0 radical (unpaired) electrons. The average molecular weight is 360 g/mol. The monoisotopic (exact) mass is 359 g/mol. The second-order valence-electron chi connectivity index (χ2n) is 6.59. The summed E-state index contributed by atoms with van der Waals surface area (Å²) in [6.07, 6.45) is 5.63. The molecule has 0 unspecified atom stereocenters. The van der Waals surface area contributed by atoms with Crippen LogP contribution in [0.25, 0.3) is 0 Å². The van der Waals surface area contributed by atoms with Crippen molar-refractivity contribution >= 4 is 24.0 Å². The van der Waals surface area contributed by atoms with E-state index in [1.807, 2.05) is 11.9 Å². The number of nitrogens with one attached hydrogen (secondary N) is 1. The van der Waals surface area contributed by atoms with Gasteiger partial charge < -0.3 is 10.2 Å². The van der Waals surface area contributed by atoms with E-state index < -0.39 is 10.5 Å².